The van der Waals surface area contributed by atoms with Gasteiger partial charge < -0.3 is 14.6 Å². The molecule has 0 saturated heterocycles. The average Bonchev–Trinajstić information content (AvgIpc) is 3.27. The summed E-state index contributed by atoms with van der Waals surface area (Å²) in [4.78, 5) is 16.8. The van der Waals surface area contributed by atoms with Crippen LogP contribution in [0.3, 0.4) is 0 Å². The van der Waals surface area contributed by atoms with Crippen molar-refractivity contribution in [1.29, 1.82) is 0 Å². The lowest BCUT2D eigenvalue weighted by Crippen LogP contribution is -2.22. The monoisotopic (exact) mass is 453 g/mol. The number of nitrogens with zero attached hydrogens (tertiary/aromatic N) is 2. The molecule has 0 aliphatic rings. The largest absolute Gasteiger partial charge is 0.489 e. The van der Waals surface area contributed by atoms with Gasteiger partial charge in [0.2, 0.25) is 11.7 Å². The molecule has 1 heterocycles. The van der Waals surface area contributed by atoms with E-state index in [0.717, 1.165) is 11.1 Å². The Morgan fingerprint density at radius 2 is 1.81 bits per heavy atom. The number of carbonyl (C=O) groups is 1. The third-order valence-electron chi connectivity index (χ3n) is 4.42. The minimum absolute atomic E-state index is 0.101. The zero-order valence-corrected chi connectivity index (χ0v) is 17.7. The molecule has 0 bridgehead atoms. The number of nitrogens with one attached hydrogen (secondary N) is 1. The first-order chi connectivity index (χ1) is 15.1. The molecule has 1 N–H and O–H groups in total. The van der Waals surface area contributed by atoms with Gasteiger partial charge in [0.25, 0.3) is 5.91 Å². The Morgan fingerprint density at radius 3 is 2.61 bits per heavy atom. The summed E-state index contributed by atoms with van der Waals surface area (Å²) in [7, 11) is 0. The van der Waals surface area contributed by atoms with Crippen LogP contribution in [0.2, 0.25) is 10.0 Å². The lowest BCUT2D eigenvalue weighted by Gasteiger charge is -2.09. The summed E-state index contributed by atoms with van der Waals surface area (Å²) in [6.45, 7) is 0.407. The molecule has 0 aliphatic carbocycles. The van der Waals surface area contributed by atoms with Crippen molar-refractivity contribution < 1.29 is 14.1 Å². The third kappa shape index (κ3) is 5.42. The summed E-state index contributed by atoms with van der Waals surface area (Å²) in [6.07, 6.45) is 0. The Labute approximate surface area is 188 Å². The van der Waals surface area contributed by atoms with Gasteiger partial charge in [-0.25, -0.2) is 0 Å². The van der Waals surface area contributed by atoms with Gasteiger partial charge in [-0.3, -0.25) is 4.79 Å². The molecule has 3 aromatic carbocycles. The van der Waals surface area contributed by atoms with Gasteiger partial charge in [0.1, 0.15) is 12.4 Å². The van der Waals surface area contributed by atoms with Crippen LogP contribution in [-0.2, 0) is 13.2 Å². The number of hydrogen-bond acceptors (Lipinski definition) is 5. The summed E-state index contributed by atoms with van der Waals surface area (Å²) < 4.78 is 11.0. The third-order valence-corrected chi connectivity index (χ3v) is 5.04. The molecule has 0 aliphatic heterocycles. The fourth-order valence-corrected chi connectivity index (χ4v) is 3.12. The molecule has 31 heavy (non-hydrogen) atoms. The van der Waals surface area contributed by atoms with Gasteiger partial charge >= 0.3 is 0 Å². The van der Waals surface area contributed by atoms with E-state index in [9.17, 15) is 4.79 Å². The number of rotatable bonds is 7. The zero-order valence-electron chi connectivity index (χ0n) is 16.2. The Balaban J connectivity index is 1.35. The van der Waals surface area contributed by atoms with E-state index in [2.05, 4.69) is 15.5 Å². The average molecular weight is 454 g/mol. The van der Waals surface area contributed by atoms with Gasteiger partial charge in [-0.2, -0.15) is 4.98 Å². The predicted octanol–water partition coefficient (Wildman–Crippen LogP) is 5.55. The molecule has 6 nitrogen and oxygen atoms in total. The molecule has 0 spiro atoms. The molecule has 0 unspecified atom stereocenters. The van der Waals surface area contributed by atoms with Crippen molar-refractivity contribution in [3.8, 4) is 17.1 Å². The van der Waals surface area contributed by atoms with Crippen molar-refractivity contribution >= 4 is 29.1 Å². The van der Waals surface area contributed by atoms with Crippen molar-refractivity contribution in [2.75, 3.05) is 0 Å². The second-order valence-electron chi connectivity index (χ2n) is 6.61. The number of carbonyl (C=O) groups excluding carboxylic acids is 1. The lowest BCUT2D eigenvalue weighted by molar-refractivity contribution is 0.0945. The number of amides is 1. The maximum Gasteiger partial charge on any atom is 0.251 e. The smallest absolute Gasteiger partial charge is 0.251 e. The Bertz CT molecular complexity index is 1190. The molecule has 0 radical (unpaired) electrons. The van der Waals surface area contributed by atoms with Crippen LogP contribution in [0.25, 0.3) is 11.4 Å². The van der Waals surface area contributed by atoms with Crippen LogP contribution in [0, 0.1) is 0 Å². The molecule has 0 saturated carbocycles. The summed E-state index contributed by atoms with van der Waals surface area (Å²) in [5.41, 5.74) is 2.09. The van der Waals surface area contributed by atoms with E-state index in [-0.39, 0.29) is 12.5 Å². The van der Waals surface area contributed by atoms with E-state index in [0.29, 0.717) is 39.7 Å². The molecular formula is C23H17Cl2N3O3. The summed E-state index contributed by atoms with van der Waals surface area (Å²) in [6, 6.07) is 21.4. The van der Waals surface area contributed by atoms with E-state index in [1.54, 1.807) is 54.6 Å². The highest BCUT2D eigenvalue weighted by Crippen LogP contribution is 2.20. The van der Waals surface area contributed by atoms with Crippen LogP contribution in [0.15, 0.2) is 77.3 Å². The minimum Gasteiger partial charge on any atom is -0.489 e. The number of ether oxygens (including phenoxy) is 1. The van der Waals surface area contributed by atoms with Crippen LogP contribution >= 0.6 is 23.2 Å². The highest BCUT2D eigenvalue weighted by Gasteiger charge is 2.12. The number of halogens is 2. The maximum absolute atomic E-state index is 12.5. The van der Waals surface area contributed by atoms with Gasteiger partial charge in [0.05, 0.1) is 6.54 Å². The van der Waals surface area contributed by atoms with Crippen molar-refractivity contribution in [1.82, 2.24) is 15.5 Å². The van der Waals surface area contributed by atoms with Crippen molar-refractivity contribution in [3.63, 3.8) is 0 Å². The fraction of sp³-hybridized carbons (Fsp3) is 0.0870. The lowest BCUT2D eigenvalue weighted by atomic mass is 10.2. The van der Waals surface area contributed by atoms with Crippen molar-refractivity contribution in [3.05, 3.63) is 99.9 Å². The number of aromatic nitrogens is 2. The first-order valence-corrected chi connectivity index (χ1v) is 10.2. The SMILES string of the molecule is O=C(NCc1nc(-c2ccc(Cl)cc2)no1)c1cccc(OCc2ccccc2Cl)c1. The molecule has 0 atom stereocenters. The van der Waals surface area contributed by atoms with Gasteiger partial charge in [-0.15, -0.1) is 0 Å². The second kappa shape index (κ2) is 9.64. The van der Waals surface area contributed by atoms with E-state index in [1.165, 1.54) is 0 Å². The standard InChI is InChI=1S/C23H17Cl2N3O3/c24-18-10-8-15(9-11-18)22-27-21(31-28-22)13-26-23(29)16-5-3-6-19(12-16)30-14-17-4-1-2-7-20(17)25/h1-12H,13-14H2,(H,26,29). The molecular weight excluding hydrogens is 437 g/mol. The van der Waals surface area contributed by atoms with E-state index >= 15 is 0 Å². The zero-order chi connectivity index (χ0) is 21.6. The quantitative estimate of drug-likeness (QED) is 0.396. The molecule has 156 valence electrons. The Hall–Kier alpha value is -3.35. The topological polar surface area (TPSA) is 77.3 Å². The first kappa shape index (κ1) is 20.9. The Kier molecular flexibility index (Phi) is 6.50. The summed E-state index contributed by atoms with van der Waals surface area (Å²) in [5, 5.41) is 7.95. The van der Waals surface area contributed by atoms with E-state index < -0.39 is 0 Å². The normalized spacial score (nSPS) is 10.6. The van der Waals surface area contributed by atoms with Crippen molar-refractivity contribution in [2.24, 2.45) is 0 Å². The molecule has 1 amide bonds. The molecule has 0 fully saturated rings. The molecule has 4 rings (SSSR count). The summed E-state index contributed by atoms with van der Waals surface area (Å²) in [5.74, 6) is 1.00. The van der Waals surface area contributed by atoms with Crippen LogP contribution in [0.4, 0.5) is 0 Å². The number of hydrogen-bond donors (Lipinski definition) is 1. The van der Waals surface area contributed by atoms with E-state index in [1.807, 2.05) is 18.2 Å². The van der Waals surface area contributed by atoms with Gasteiger partial charge in [-0.05, 0) is 48.5 Å². The first-order valence-electron chi connectivity index (χ1n) is 9.41. The fourth-order valence-electron chi connectivity index (χ4n) is 2.80. The highest BCUT2D eigenvalue weighted by molar-refractivity contribution is 6.31. The minimum atomic E-state index is -0.283. The molecule has 1 aromatic heterocycles. The van der Waals surface area contributed by atoms with E-state index in [4.69, 9.17) is 32.5 Å². The second-order valence-corrected chi connectivity index (χ2v) is 7.45. The Morgan fingerprint density at radius 1 is 1.00 bits per heavy atom. The van der Waals surface area contributed by atoms with Gasteiger partial charge in [0.15, 0.2) is 0 Å². The molecule has 8 heteroatoms. The van der Waals surface area contributed by atoms with Crippen LogP contribution < -0.4 is 10.1 Å². The predicted molar refractivity (Wildman–Crippen MR) is 118 cm³/mol. The van der Waals surface area contributed by atoms with Crippen molar-refractivity contribution in [2.45, 2.75) is 13.2 Å². The van der Waals surface area contributed by atoms with Crippen LogP contribution in [-0.4, -0.2) is 16.0 Å². The maximum atomic E-state index is 12.5. The van der Waals surface area contributed by atoms with Gasteiger partial charge in [0, 0.05) is 26.7 Å². The van der Waals surface area contributed by atoms with Gasteiger partial charge in [-0.1, -0.05) is 52.6 Å². The van der Waals surface area contributed by atoms with Crippen LogP contribution in [0.5, 0.6) is 5.75 Å². The highest BCUT2D eigenvalue weighted by atomic mass is 35.5. The summed E-state index contributed by atoms with van der Waals surface area (Å²) >= 11 is 12.0. The number of benzene rings is 3. The molecule has 4 aromatic rings. The van der Waals surface area contributed by atoms with Crippen LogP contribution in [0.1, 0.15) is 21.8 Å².